The van der Waals surface area contributed by atoms with Gasteiger partial charge in [0.15, 0.2) is 0 Å². The Morgan fingerprint density at radius 2 is 1.67 bits per heavy atom. The molecular formula is C14H24F3N. The van der Waals surface area contributed by atoms with Crippen molar-refractivity contribution in [3.05, 3.63) is 0 Å². The van der Waals surface area contributed by atoms with Crippen LogP contribution in [0.5, 0.6) is 0 Å². The fraction of sp³-hybridized carbons (Fsp3) is 1.00. The van der Waals surface area contributed by atoms with Crippen LogP contribution in [0.1, 0.15) is 57.8 Å². The number of halogens is 3. The average molecular weight is 263 g/mol. The topological polar surface area (TPSA) is 12.0 Å². The van der Waals surface area contributed by atoms with Crippen molar-refractivity contribution in [3.63, 3.8) is 0 Å². The molecule has 4 heteroatoms. The fourth-order valence-corrected chi connectivity index (χ4v) is 3.65. The maximum Gasteiger partial charge on any atom is 0.389 e. The lowest BCUT2D eigenvalue weighted by atomic mass is 9.69. The number of hydrogen-bond donors (Lipinski definition) is 1. The SMILES string of the molecule is FC(F)(F)CCCNC1CCC2CCCCC2C1. The summed E-state index contributed by atoms with van der Waals surface area (Å²) in [7, 11) is 0. The highest BCUT2D eigenvalue weighted by Gasteiger charge is 2.32. The van der Waals surface area contributed by atoms with Crippen molar-refractivity contribution in [2.24, 2.45) is 11.8 Å². The van der Waals surface area contributed by atoms with E-state index in [0.29, 0.717) is 12.6 Å². The van der Waals surface area contributed by atoms with Crippen molar-refractivity contribution < 1.29 is 13.2 Å². The Kier molecular flexibility index (Phi) is 4.93. The zero-order valence-corrected chi connectivity index (χ0v) is 10.9. The van der Waals surface area contributed by atoms with Crippen molar-refractivity contribution in [2.75, 3.05) is 6.54 Å². The highest BCUT2D eigenvalue weighted by molar-refractivity contribution is 4.86. The first-order chi connectivity index (χ1) is 8.54. The van der Waals surface area contributed by atoms with Gasteiger partial charge in [-0.3, -0.25) is 0 Å². The third kappa shape index (κ3) is 4.45. The third-order valence-corrected chi connectivity index (χ3v) is 4.61. The van der Waals surface area contributed by atoms with Crippen molar-refractivity contribution in [1.82, 2.24) is 5.32 Å². The molecule has 0 heterocycles. The van der Waals surface area contributed by atoms with Crippen molar-refractivity contribution in [2.45, 2.75) is 70.0 Å². The van der Waals surface area contributed by atoms with E-state index in [1.165, 1.54) is 38.5 Å². The summed E-state index contributed by atoms with van der Waals surface area (Å²) in [6.45, 7) is 0.515. The van der Waals surface area contributed by atoms with Crippen molar-refractivity contribution >= 4 is 0 Å². The first-order valence-corrected chi connectivity index (χ1v) is 7.35. The molecule has 2 rings (SSSR count). The molecule has 0 aromatic heterocycles. The summed E-state index contributed by atoms with van der Waals surface area (Å²) in [6.07, 6.45) is 4.64. The Morgan fingerprint density at radius 1 is 0.944 bits per heavy atom. The molecular weight excluding hydrogens is 239 g/mol. The monoisotopic (exact) mass is 263 g/mol. The van der Waals surface area contributed by atoms with E-state index in [-0.39, 0.29) is 6.42 Å². The largest absolute Gasteiger partial charge is 0.389 e. The lowest BCUT2D eigenvalue weighted by Crippen LogP contribution is -2.39. The van der Waals surface area contributed by atoms with Crippen LogP contribution in [0.4, 0.5) is 13.2 Å². The fourth-order valence-electron chi connectivity index (χ4n) is 3.65. The summed E-state index contributed by atoms with van der Waals surface area (Å²) < 4.78 is 36.0. The molecule has 2 saturated carbocycles. The summed E-state index contributed by atoms with van der Waals surface area (Å²) in [6, 6.07) is 0.470. The summed E-state index contributed by atoms with van der Waals surface area (Å²) in [5.74, 6) is 1.75. The lowest BCUT2D eigenvalue weighted by Gasteiger charge is -2.39. The van der Waals surface area contributed by atoms with Crippen LogP contribution < -0.4 is 5.32 Å². The van der Waals surface area contributed by atoms with E-state index < -0.39 is 12.6 Å². The smallest absolute Gasteiger partial charge is 0.314 e. The molecule has 0 aromatic carbocycles. The van der Waals surface area contributed by atoms with Crippen LogP contribution in [0.3, 0.4) is 0 Å². The molecule has 2 aliphatic carbocycles. The Labute approximate surface area is 108 Å². The Hall–Kier alpha value is -0.250. The van der Waals surface area contributed by atoms with E-state index in [4.69, 9.17) is 0 Å². The zero-order chi connectivity index (χ0) is 13.0. The molecule has 3 atom stereocenters. The average Bonchev–Trinajstić information content (AvgIpc) is 2.33. The molecule has 106 valence electrons. The lowest BCUT2D eigenvalue weighted by molar-refractivity contribution is -0.135. The highest BCUT2D eigenvalue weighted by Crippen LogP contribution is 2.40. The van der Waals surface area contributed by atoms with Crippen LogP contribution in [0.15, 0.2) is 0 Å². The molecule has 0 bridgehead atoms. The maximum absolute atomic E-state index is 12.0. The second-order valence-electron chi connectivity index (χ2n) is 5.99. The molecule has 2 aliphatic rings. The van der Waals surface area contributed by atoms with Crippen LogP contribution in [-0.2, 0) is 0 Å². The zero-order valence-electron chi connectivity index (χ0n) is 10.9. The molecule has 0 spiro atoms. The molecule has 0 aliphatic heterocycles. The number of fused-ring (bicyclic) bond motifs is 1. The maximum atomic E-state index is 12.0. The molecule has 2 fully saturated rings. The van der Waals surface area contributed by atoms with Crippen LogP contribution in [-0.4, -0.2) is 18.8 Å². The van der Waals surface area contributed by atoms with Gasteiger partial charge in [-0.2, -0.15) is 13.2 Å². The summed E-state index contributed by atoms with van der Waals surface area (Å²) in [5.41, 5.74) is 0. The van der Waals surface area contributed by atoms with E-state index in [9.17, 15) is 13.2 Å². The van der Waals surface area contributed by atoms with Gasteiger partial charge >= 0.3 is 6.18 Å². The van der Waals surface area contributed by atoms with Gasteiger partial charge in [-0.05, 0) is 44.1 Å². The summed E-state index contributed by atoms with van der Waals surface area (Å²) in [5, 5.41) is 3.33. The normalized spacial score (nSPS) is 33.2. The van der Waals surface area contributed by atoms with Crippen LogP contribution in [0.2, 0.25) is 0 Å². The Bertz CT molecular complexity index is 252. The van der Waals surface area contributed by atoms with E-state index in [2.05, 4.69) is 5.32 Å². The van der Waals surface area contributed by atoms with Gasteiger partial charge in [0, 0.05) is 12.5 Å². The van der Waals surface area contributed by atoms with Crippen LogP contribution >= 0.6 is 0 Å². The van der Waals surface area contributed by atoms with Gasteiger partial charge in [-0.15, -0.1) is 0 Å². The van der Waals surface area contributed by atoms with E-state index >= 15 is 0 Å². The summed E-state index contributed by atoms with van der Waals surface area (Å²) in [4.78, 5) is 0. The van der Waals surface area contributed by atoms with E-state index in [0.717, 1.165) is 18.3 Å². The second kappa shape index (κ2) is 6.27. The second-order valence-corrected chi connectivity index (χ2v) is 5.99. The van der Waals surface area contributed by atoms with Crippen LogP contribution in [0.25, 0.3) is 0 Å². The predicted octanol–water partition coefficient (Wildman–Crippen LogP) is 4.28. The van der Waals surface area contributed by atoms with Crippen LogP contribution in [0, 0.1) is 11.8 Å². The van der Waals surface area contributed by atoms with Crippen molar-refractivity contribution in [1.29, 1.82) is 0 Å². The molecule has 0 saturated heterocycles. The number of alkyl halides is 3. The molecule has 3 unspecified atom stereocenters. The standard InChI is InChI=1S/C14H24F3N/c15-14(16,17)8-3-9-18-13-7-6-11-4-1-2-5-12(11)10-13/h11-13,18H,1-10H2. The third-order valence-electron chi connectivity index (χ3n) is 4.61. The Balaban J connectivity index is 1.62. The van der Waals surface area contributed by atoms with Gasteiger partial charge in [-0.25, -0.2) is 0 Å². The Morgan fingerprint density at radius 3 is 2.39 bits per heavy atom. The summed E-state index contributed by atoms with van der Waals surface area (Å²) >= 11 is 0. The minimum atomic E-state index is -4.00. The molecule has 18 heavy (non-hydrogen) atoms. The van der Waals surface area contributed by atoms with Gasteiger partial charge < -0.3 is 5.32 Å². The molecule has 0 radical (unpaired) electrons. The number of hydrogen-bond acceptors (Lipinski definition) is 1. The first kappa shape index (κ1) is 14.2. The molecule has 0 aromatic rings. The first-order valence-electron chi connectivity index (χ1n) is 7.35. The van der Waals surface area contributed by atoms with Gasteiger partial charge in [0.1, 0.15) is 0 Å². The van der Waals surface area contributed by atoms with Gasteiger partial charge in [0.25, 0.3) is 0 Å². The minimum absolute atomic E-state index is 0.216. The predicted molar refractivity (Wildman–Crippen MR) is 66.4 cm³/mol. The number of rotatable bonds is 4. The highest BCUT2D eigenvalue weighted by atomic mass is 19.4. The van der Waals surface area contributed by atoms with Gasteiger partial charge in [0.05, 0.1) is 0 Å². The number of nitrogens with one attached hydrogen (secondary N) is 1. The van der Waals surface area contributed by atoms with Gasteiger partial charge in [-0.1, -0.05) is 25.7 Å². The molecule has 0 amide bonds. The minimum Gasteiger partial charge on any atom is -0.314 e. The quantitative estimate of drug-likeness (QED) is 0.747. The van der Waals surface area contributed by atoms with E-state index in [1.54, 1.807) is 0 Å². The molecule has 1 nitrogen and oxygen atoms in total. The van der Waals surface area contributed by atoms with Gasteiger partial charge in [0.2, 0.25) is 0 Å². The van der Waals surface area contributed by atoms with Crippen molar-refractivity contribution in [3.8, 4) is 0 Å². The van der Waals surface area contributed by atoms with E-state index in [1.807, 2.05) is 0 Å². The molecule has 1 N–H and O–H groups in total.